The maximum Gasteiger partial charge on any atom is 0.490 e. The molecule has 1 aromatic carbocycles. The summed E-state index contributed by atoms with van der Waals surface area (Å²) >= 11 is 10.5. The molecule has 0 fully saturated rings. The minimum atomic E-state index is -2.03. The van der Waals surface area contributed by atoms with Crippen LogP contribution < -0.4 is 5.46 Å². The molecule has 7 heteroatoms. The van der Waals surface area contributed by atoms with E-state index in [9.17, 15) is 8.78 Å². The second-order valence-corrected chi connectivity index (χ2v) is 3.02. The first-order valence-electron chi connectivity index (χ1n) is 3.14. The third-order valence-electron chi connectivity index (χ3n) is 1.41. The summed E-state index contributed by atoms with van der Waals surface area (Å²) in [6.07, 6.45) is 0. The molecule has 13 heavy (non-hydrogen) atoms. The van der Waals surface area contributed by atoms with E-state index in [0.29, 0.717) is 6.07 Å². The van der Waals surface area contributed by atoms with Crippen LogP contribution in [0.3, 0.4) is 0 Å². The van der Waals surface area contributed by atoms with Gasteiger partial charge in [-0.15, -0.1) is 0 Å². The molecule has 2 nitrogen and oxygen atoms in total. The zero-order valence-electron chi connectivity index (χ0n) is 6.06. The second kappa shape index (κ2) is 3.80. The van der Waals surface area contributed by atoms with Crippen LogP contribution in [0.1, 0.15) is 0 Å². The first-order valence-corrected chi connectivity index (χ1v) is 3.89. The van der Waals surface area contributed by atoms with Gasteiger partial charge in [0.1, 0.15) is 10.8 Å². The Bertz CT molecular complexity index is 346. The largest absolute Gasteiger partial charge is 0.490 e. The Morgan fingerprint density at radius 2 is 1.69 bits per heavy atom. The lowest BCUT2D eigenvalue weighted by atomic mass is 9.80. The van der Waals surface area contributed by atoms with Crippen molar-refractivity contribution in [1.82, 2.24) is 0 Å². The Balaban J connectivity index is 3.41. The van der Waals surface area contributed by atoms with Crippen LogP contribution in [0.4, 0.5) is 8.78 Å². The number of hydrogen-bond acceptors (Lipinski definition) is 2. The molecule has 2 N–H and O–H groups in total. The first-order chi connectivity index (χ1) is 5.95. The van der Waals surface area contributed by atoms with Gasteiger partial charge in [-0.3, -0.25) is 0 Å². The van der Waals surface area contributed by atoms with Crippen LogP contribution in [0.5, 0.6) is 0 Å². The van der Waals surface area contributed by atoms with Crippen LogP contribution in [-0.4, -0.2) is 17.2 Å². The van der Waals surface area contributed by atoms with Gasteiger partial charge in [0.15, 0.2) is 5.82 Å². The molecule has 0 atom stereocenters. The highest BCUT2D eigenvalue weighted by Crippen LogP contribution is 2.23. The van der Waals surface area contributed by atoms with Gasteiger partial charge in [-0.05, 0) is 6.07 Å². The van der Waals surface area contributed by atoms with E-state index >= 15 is 0 Å². The SMILES string of the molecule is OB(O)c1cc(F)c(Cl)c(F)c1Cl. The smallest absolute Gasteiger partial charge is 0.423 e. The summed E-state index contributed by atoms with van der Waals surface area (Å²) < 4.78 is 25.6. The van der Waals surface area contributed by atoms with E-state index in [4.69, 9.17) is 33.2 Å². The molecule has 0 bridgehead atoms. The van der Waals surface area contributed by atoms with Gasteiger partial charge < -0.3 is 10.0 Å². The Labute approximate surface area is 82.9 Å². The predicted octanol–water partition coefficient (Wildman–Crippen LogP) is 0.951. The molecular formula is C6H3BCl2F2O2. The van der Waals surface area contributed by atoms with E-state index in [0.717, 1.165) is 0 Å². The summed E-state index contributed by atoms with van der Waals surface area (Å²) in [6, 6.07) is 0.665. The maximum absolute atomic E-state index is 12.9. The van der Waals surface area contributed by atoms with E-state index < -0.39 is 34.3 Å². The molecule has 1 aromatic rings. The zero-order valence-corrected chi connectivity index (χ0v) is 7.57. The fourth-order valence-electron chi connectivity index (χ4n) is 0.779. The van der Waals surface area contributed by atoms with Crippen molar-refractivity contribution in [3.63, 3.8) is 0 Å². The van der Waals surface area contributed by atoms with Crippen LogP contribution >= 0.6 is 23.2 Å². The Morgan fingerprint density at radius 1 is 1.15 bits per heavy atom. The standard InChI is InChI=1S/C6H3BCl2F2O2/c8-4-2(7(12)13)1-3(10)5(9)6(4)11/h1,12-13H. The van der Waals surface area contributed by atoms with Crippen molar-refractivity contribution in [2.75, 3.05) is 0 Å². The van der Waals surface area contributed by atoms with Crippen molar-refractivity contribution in [3.8, 4) is 0 Å². The van der Waals surface area contributed by atoms with E-state index in [1.165, 1.54) is 0 Å². The van der Waals surface area contributed by atoms with Gasteiger partial charge >= 0.3 is 7.12 Å². The Hall–Kier alpha value is -0.355. The molecule has 0 aliphatic rings. The van der Waals surface area contributed by atoms with Crippen LogP contribution in [0.25, 0.3) is 0 Å². The van der Waals surface area contributed by atoms with E-state index in [1.807, 2.05) is 0 Å². The molecule has 0 aliphatic carbocycles. The highest BCUT2D eigenvalue weighted by atomic mass is 35.5. The highest BCUT2D eigenvalue weighted by molar-refractivity contribution is 6.63. The molecule has 0 unspecified atom stereocenters. The summed E-state index contributed by atoms with van der Waals surface area (Å²) in [5.74, 6) is -2.29. The number of halogens is 4. The number of rotatable bonds is 1. The van der Waals surface area contributed by atoms with Crippen molar-refractivity contribution in [1.29, 1.82) is 0 Å². The van der Waals surface area contributed by atoms with E-state index in [1.54, 1.807) is 0 Å². The quantitative estimate of drug-likeness (QED) is 0.426. The van der Waals surface area contributed by atoms with Crippen LogP contribution in [0.2, 0.25) is 10.0 Å². The van der Waals surface area contributed by atoms with Gasteiger partial charge in [0.2, 0.25) is 0 Å². The molecule has 0 saturated heterocycles. The van der Waals surface area contributed by atoms with Crippen molar-refractivity contribution in [3.05, 3.63) is 27.7 Å². The molecule has 0 amide bonds. The van der Waals surface area contributed by atoms with Gasteiger partial charge in [-0.1, -0.05) is 23.2 Å². The number of hydrogen-bond donors (Lipinski definition) is 2. The normalized spacial score (nSPS) is 10.3. The van der Waals surface area contributed by atoms with Crippen LogP contribution in [0.15, 0.2) is 6.07 Å². The monoisotopic (exact) mass is 226 g/mol. The first kappa shape index (κ1) is 10.7. The third kappa shape index (κ3) is 1.94. The van der Waals surface area contributed by atoms with Crippen LogP contribution in [0, 0.1) is 11.6 Å². The summed E-state index contributed by atoms with van der Waals surface area (Å²) in [5, 5.41) is 15.9. The van der Waals surface area contributed by atoms with Gasteiger partial charge in [0, 0.05) is 5.46 Å². The fraction of sp³-hybridized carbons (Fsp3) is 0. The van der Waals surface area contributed by atoms with Crippen LogP contribution in [-0.2, 0) is 0 Å². The Morgan fingerprint density at radius 3 is 2.15 bits per heavy atom. The molecule has 0 saturated carbocycles. The summed E-state index contributed by atoms with van der Waals surface area (Å²) in [5.41, 5.74) is -0.457. The fourth-order valence-corrected chi connectivity index (χ4v) is 1.22. The average molecular weight is 227 g/mol. The maximum atomic E-state index is 12.9. The second-order valence-electron chi connectivity index (χ2n) is 2.26. The lowest BCUT2D eigenvalue weighted by molar-refractivity contribution is 0.425. The predicted molar refractivity (Wildman–Crippen MR) is 46.2 cm³/mol. The molecule has 0 aromatic heterocycles. The minimum Gasteiger partial charge on any atom is -0.423 e. The van der Waals surface area contributed by atoms with E-state index in [2.05, 4.69) is 0 Å². The minimum absolute atomic E-state index is 0.457. The summed E-state index contributed by atoms with van der Waals surface area (Å²) in [6.45, 7) is 0. The van der Waals surface area contributed by atoms with Gasteiger partial charge in [0.05, 0.1) is 5.02 Å². The highest BCUT2D eigenvalue weighted by Gasteiger charge is 2.22. The van der Waals surface area contributed by atoms with Crippen molar-refractivity contribution >= 4 is 35.8 Å². The summed E-state index contributed by atoms with van der Waals surface area (Å²) in [4.78, 5) is 0. The molecule has 0 radical (unpaired) electrons. The lowest BCUT2D eigenvalue weighted by Gasteiger charge is -2.05. The summed E-state index contributed by atoms with van der Waals surface area (Å²) in [7, 11) is -2.03. The topological polar surface area (TPSA) is 40.5 Å². The molecule has 0 spiro atoms. The molecule has 0 heterocycles. The molecular weight excluding hydrogens is 224 g/mol. The van der Waals surface area contributed by atoms with Gasteiger partial charge in [-0.2, -0.15) is 0 Å². The van der Waals surface area contributed by atoms with Crippen molar-refractivity contribution in [2.24, 2.45) is 0 Å². The van der Waals surface area contributed by atoms with E-state index in [-0.39, 0.29) is 0 Å². The molecule has 70 valence electrons. The van der Waals surface area contributed by atoms with Crippen molar-refractivity contribution < 1.29 is 18.8 Å². The van der Waals surface area contributed by atoms with Gasteiger partial charge in [0.25, 0.3) is 0 Å². The third-order valence-corrected chi connectivity index (χ3v) is 2.14. The molecule has 0 aliphatic heterocycles. The molecule has 1 rings (SSSR count). The van der Waals surface area contributed by atoms with Gasteiger partial charge in [-0.25, -0.2) is 8.78 Å². The lowest BCUT2D eigenvalue weighted by Crippen LogP contribution is -2.32. The average Bonchev–Trinajstić information content (AvgIpc) is 2.07. The van der Waals surface area contributed by atoms with Crippen molar-refractivity contribution in [2.45, 2.75) is 0 Å². The number of benzene rings is 1. The Kier molecular flexibility index (Phi) is 3.13. The zero-order chi connectivity index (χ0) is 10.2.